The molecule has 0 unspecified atom stereocenters. The number of carboxylic acid groups (broad SMARTS) is 1. The van der Waals surface area contributed by atoms with E-state index >= 15 is 0 Å². The van der Waals surface area contributed by atoms with Gasteiger partial charge in [0.25, 0.3) is 0 Å². The molecule has 0 spiro atoms. The summed E-state index contributed by atoms with van der Waals surface area (Å²) in [5.74, 6) is -0.994. The van der Waals surface area contributed by atoms with Crippen LogP contribution in [-0.4, -0.2) is 42.1 Å². The van der Waals surface area contributed by atoms with Gasteiger partial charge in [0.15, 0.2) is 0 Å². The molecule has 1 saturated carbocycles. The number of nitrogens with zero attached hydrogens (tertiary/aromatic N) is 1. The zero-order valence-electron chi connectivity index (χ0n) is 10.7. The monoisotopic (exact) mass is 242 g/mol. The van der Waals surface area contributed by atoms with E-state index in [-0.39, 0.29) is 18.0 Å². The fraction of sp³-hybridized carbons (Fsp3) is 0.833. The van der Waals surface area contributed by atoms with Crippen LogP contribution in [0.3, 0.4) is 0 Å². The second kappa shape index (κ2) is 5.89. The summed E-state index contributed by atoms with van der Waals surface area (Å²) < 4.78 is 0. The van der Waals surface area contributed by atoms with Gasteiger partial charge < -0.3 is 15.3 Å². The third-order valence-electron chi connectivity index (χ3n) is 3.45. The molecule has 0 saturated heterocycles. The van der Waals surface area contributed by atoms with E-state index in [1.165, 1.54) is 31.2 Å². The number of likely N-dealkylation sites (N-methyl/N-ethyl adjacent to an activating group) is 1. The second-order valence-corrected chi connectivity index (χ2v) is 5.28. The number of aliphatic carboxylic acids is 1. The van der Waals surface area contributed by atoms with Gasteiger partial charge in [-0.1, -0.05) is 26.2 Å². The summed E-state index contributed by atoms with van der Waals surface area (Å²) in [4.78, 5) is 23.3. The minimum atomic E-state index is -0.994. The quantitative estimate of drug-likeness (QED) is 0.788. The second-order valence-electron chi connectivity index (χ2n) is 5.28. The lowest BCUT2D eigenvalue weighted by atomic mass is 9.76. The van der Waals surface area contributed by atoms with Gasteiger partial charge in [-0.2, -0.15) is 0 Å². The van der Waals surface area contributed by atoms with Crippen molar-refractivity contribution in [2.24, 2.45) is 5.41 Å². The summed E-state index contributed by atoms with van der Waals surface area (Å²) in [6, 6.07) is -0.306. The summed E-state index contributed by atoms with van der Waals surface area (Å²) in [6.45, 7) is 2.56. The largest absolute Gasteiger partial charge is 0.480 e. The summed E-state index contributed by atoms with van der Waals surface area (Å²) in [5.41, 5.74) is 0.179. The SMILES string of the molecule is CN(CC(=O)O)C(=O)NCC1(C)CCCCC1. The van der Waals surface area contributed by atoms with E-state index in [0.29, 0.717) is 6.54 Å². The Morgan fingerprint density at radius 2 is 1.88 bits per heavy atom. The number of carbonyl (C=O) groups is 2. The van der Waals surface area contributed by atoms with E-state index in [0.717, 1.165) is 12.8 Å². The Kier molecular flexibility index (Phi) is 4.78. The minimum Gasteiger partial charge on any atom is -0.480 e. The Labute approximate surface area is 102 Å². The van der Waals surface area contributed by atoms with E-state index in [1.807, 2.05) is 0 Å². The van der Waals surface area contributed by atoms with Crippen LogP contribution in [0.25, 0.3) is 0 Å². The molecule has 0 aromatic heterocycles. The summed E-state index contributed by atoms with van der Waals surface area (Å²) in [7, 11) is 1.49. The van der Waals surface area contributed by atoms with Gasteiger partial charge in [0, 0.05) is 13.6 Å². The summed E-state index contributed by atoms with van der Waals surface area (Å²) >= 11 is 0. The molecule has 0 radical (unpaired) electrons. The Balaban J connectivity index is 2.33. The number of carboxylic acids is 1. The van der Waals surface area contributed by atoms with Gasteiger partial charge in [0.05, 0.1) is 0 Å². The fourth-order valence-corrected chi connectivity index (χ4v) is 2.28. The number of hydrogen-bond donors (Lipinski definition) is 2. The number of hydrogen-bond acceptors (Lipinski definition) is 2. The van der Waals surface area contributed by atoms with Gasteiger partial charge in [-0.05, 0) is 18.3 Å². The van der Waals surface area contributed by atoms with Crippen molar-refractivity contribution in [1.29, 1.82) is 0 Å². The maximum Gasteiger partial charge on any atom is 0.323 e. The molecular weight excluding hydrogens is 220 g/mol. The Morgan fingerprint density at radius 1 is 1.29 bits per heavy atom. The van der Waals surface area contributed by atoms with Crippen LogP contribution < -0.4 is 5.32 Å². The topological polar surface area (TPSA) is 69.6 Å². The van der Waals surface area contributed by atoms with Crippen molar-refractivity contribution in [3.05, 3.63) is 0 Å². The van der Waals surface area contributed by atoms with E-state index in [4.69, 9.17) is 5.11 Å². The minimum absolute atomic E-state index is 0.179. The zero-order valence-corrected chi connectivity index (χ0v) is 10.7. The first kappa shape index (κ1) is 13.8. The number of amides is 2. The van der Waals surface area contributed by atoms with Crippen molar-refractivity contribution < 1.29 is 14.7 Å². The van der Waals surface area contributed by atoms with E-state index in [2.05, 4.69) is 12.2 Å². The molecule has 5 nitrogen and oxygen atoms in total. The predicted octanol–water partition coefficient (Wildman–Crippen LogP) is 1.68. The average Bonchev–Trinajstić information content (AvgIpc) is 2.26. The lowest BCUT2D eigenvalue weighted by molar-refractivity contribution is -0.137. The molecule has 1 fully saturated rings. The molecule has 0 atom stereocenters. The fourth-order valence-electron chi connectivity index (χ4n) is 2.28. The van der Waals surface area contributed by atoms with Gasteiger partial charge in [-0.15, -0.1) is 0 Å². The van der Waals surface area contributed by atoms with Crippen molar-refractivity contribution in [2.75, 3.05) is 20.1 Å². The summed E-state index contributed by atoms with van der Waals surface area (Å²) in [5, 5.41) is 11.4. The van der Waals surface area contributed by atoms with Crippen LogP contribution in [0.5, 0.6) is 0 Å². The molecular formula is C12H22N2O3. The maximum absolute atomic E-state index is 11.6. The standard InChI is InChI=1S/C12H22N2O3/c1-12(6-4-3-5-7-12)9-13-11(17)14(2)8-10(15)16/h3-9H2,1-2H3,(H,13,17)(H,15,16). The van der Waals surface area contributed by atoms with Crippen LogP contribution in [0.2, 0.25) is 0 Å². The molecule has 98 valence electrons. The van der Waals surface area contributed by atoms with Gasteiger partial charge in [0.1, 0.15) is 6.54 Å². The lowest BCUT2D eigenvalue weighted by Crippen LogP contribution is -2.44. The lowest BCUT2D eigenvalue weighted by Gasteiger charge is -2.34. The maximum atomic E-state index is 11.6. The Bertz CT molecular complexity index is 285. The highest BCUT2D eigenvalue weighted by molar-refractivity contribution is 5.79. The van der Waals surface area contributed by atoms with Crippen molar-refractivity contribution >= 4 is 12.0 Å². The molecule has 0 heterocycles. The molecule has 0 aromatic carbocycles. The number of carbonyl (C=O) groups excluding carboxylic acids is 1. The van der Waals surface area contributed by atoms with Crippen LogP contribution in [0.15, 0.2) is 0 Å². The van der Waals surface area contributed by atoms with Crippen LogP contribution in [0, 0.1) is 5.41 Å². The van der Waals surface area contributed by atoms with E-state index in [9.17, 15) is 9.59 Å². The molecule has 1 aliphatic rings. The first-order valence-corrected chi connectivity index (χ1v) is 6.14. The van der Waals surface area contributed by atoms with Gasteiger partial charge in [-0.3, -0.25) is 4.79 Å². The van der Waals surface area contributed by atoms with Crippen molar-refractivity contribution in [1.82, 2.24) is 10.2 Å². The Hall–Kier alpha value is -1.26. The highest BCUT2D eigenvalue weighted by atomic mass is 16.4. The Morgan fingerprint density at radius 3 is 2.41 bits per heavy atom. The molecule has 0 bridgehead atoms. The summed E-state index contributed by atoms with van der Waals surface area (Å²) in [6.07, 6.45) is 5.99. The van der Waals surface area contributed by atoms with Crippen LogP contribution >= 0.6 is 0 Å². The number of urea groups is 1. The first-order chi connectivity index (χ1) is 7.93. The smallest absolute Gasteiger partial charge is 0.323 e. The average molecular weight is 242 g/mol. The van der Waals surface area contributed by atoms with E-state index in [1.54, 1.807) is 0 Å². The molecule has 17 heavy (non-hydrogen) atoms. The first-order valence-electron chi connectivity index (χ1n) is 6.14. The molecule has 0 aliphatic heterocycles. The molecule has 2 N–H and O–H groups in total. The third-order valence-corrected chi connectivity index (χ3v) is 3.45. The van der Waals surface area contributed by atoms with Crippen molar-refractivity contribution in [3.8, 4) is 0 Å². The highest BCUT2D eigenvalue weighted by Crippen LogP contribution is 2.34. The van der Waals surface area contributed by atoms with Crippen molar-refractivity contribution in [2.45, 2.75) is 39.0 Å². The van der Waals surface area contributed by atoms with Crippen LogP contribution in [-0.2, 0) is 4.79 Å². The molecule has 5 heteroatoms. The van der Waals surface area contributed by atoms with Gasteiger partial charge in [0.2, 0.25) is 0 Å². The molecule has 1 rings (SSSR count). The molecule has 2 amide bonds. The number of rotatable bonds is 4. The predicted molar refractivity (Wildman–Crippen MR) is 64.9 cm³/mol. The number of nitrogens with one attached hydrogen (secondary N) is 1. The zero-order chi connectivity index (χ0) is 12.9. The molecule has 1 aliphatic carbocycles. The molecule has 0 aromatic rings. The van der Waals surface area contributed by atoms with Crippen molar-refractivity contribution in [3.63, 3.8) is 0 Å². The van der Waals surface area contributed by atoms with Crippen LogP contribution in [0.1, 0.15) is 39.0 Å². The third kappa shape index (κ3) is 4.63. The normalized spacial score (nSPS) is 18.5. The van der Waals surface area contributed by atoms with Gasteiger partial charge in [-0.25, -0.2) is 4.79 Å². The van der Waals surface area contributed by atoms with Crippen LogP contribution in [0.4, 0.5) is 4.79 Å². The van der Waals surface area contributed by atoms with E-state index < -0.39 is 5.97 Å². The van der Waals surface area contributed by atoms with Gasteiger partial charge >= 0.3 is 12.0 Å². The highest BCUT2D eigenvalue weighted by Gasteiger charge is 2.27.